The molecule has 0 aliphatic carbocycles. The van der Waals surface area contributed by atoms with Gasteiger partial charge < -0.3 is 4.74 Å². The van der Waals surface area contributed by atoms with Crippen LogP contribution in [0.4, 0.5) is 0 Å². The molecule has 54 valence electrons. The second-order valence-corrected chi connectivity index (χ2v) is 2.84. The van der Waals surface area contributed by atoms with Gasteiger partial charge in [-0.3, -0.25) is 0 Å². The standard InChI is InChI=1S/C8H11OP/c1-9-6-7-3-2-4-8(10)5-7/h2-5H,6,10H2,1H3. The van der Waals surface area contributed by atoms with Crippen LogP contribution in [-0.2, 0) is 11.3 Å². The topological polar surface area (TPSA) is 9.23 Å². The zero-order chi connectivity index (χ0) is 7.40. The minimum absolute atomic E-state index is 0.697. The molecule has 0 bridgehead atoms. The predicted octanol–water partition coefficient (Wildman–Crippen LogP) is 1.33. The van der Waals surface area contributed by atoms with Crippen LogP contribution in [0.15, 0.2) is 24.3 Å². The molecule has 1 nitrogen and oxygen atoms in total. The van der Waals surface area contributed by atoms with Crippen molar-refractivity contribution in [2.45, 2.75) is 6.61 Å². The molecule has 0 N–H and O–H groups in total. The molecule has 0 heterocycles. The van der Waals surface area contributed by atoms with E-state index in [4.69, 9.17) is 4.74 Å². The number of ether oxygens (including phenoxy) is 1. The van der Waals surface area contributed by atoms with Crippen molar-refractivity contribution in [2.24, 2.45) is 0 Å². The first kappa shape index (κ1) is 7.71. The van der Waals surface area contributed by atoms with E-state index in [0.717, 1.165) is 0 Å². The molecule has 0 radical (unpaired) electrons. The second-order valence-electron chi connectivity index (χ2n) is 2.18. The molecule has 0 aliphatic rings. The van der Waals surface area contributed by atoms with Crippen molar-refractivity contribution in [3.63, 3.8) is 0 Å². The molecule has 0 fully saturated rings. The number of rotatable bonds is 2. The molecule has 2 heteroatoms. The first-order valence-corrected chi connectivity index (χ1v) is 3.74. The third kappa shape index (κ3) is 2.09. The Balaban J connectivity index is 2.75. The van der Waals surface area contributed by atoms with Crippen molar-refractivity contribution < 1.29 is 4.74 Å². The summed E-state index contributed by atoms with van der Waals surface area (Å²) in [5, 5.41) is 1.20. The third-order valence-electron chi connectivity index (χ3n) is 1.26. The molecular formula is C8H11OP. The van der Waals surface area contributed by atoms with Crippen LogP contribution in [0, 0.1) is 0 Å². The fraction of sp³-hybridized carbons (Fsp3) is 0.250. The fourth-order valence-electron chi connectivity index (χ4n) is 0.850. The number of hydrogen-bond acceptors (Lipinski definition) is 1. The Morgan fingerprint density at radius 2 is 2.30 bits per heavy atom. The highest BCUT2D eigenvalue weighted by Crippen LogP contribution is 1.99. The van der Waals surface area contributed by atoms with Gasteiger partial charge in [-0.2, -0.15) is 0 Å². The molecule has 0 amide bonds. The van der Waals surface area contributed by atoms with Crippen molar-refractivity contribution in [3.05, 3.63) is 29.8 Å². The van der Waals surface area contributed by atoms with E-state index in [-0.39, 0.29) is 0 Å². The summed E-state index contributed by atoms with van der Waals surface area (Å²) in [7, 11) is 4.36. The van der Waals surface area contributed by atoms with E-state index in [1.54, 1.807) is 7.11 Å². The van der Waals surface area contributed by atoms with Crippen LogP contribution in [0.5, 0.6) is 0 Å². The quantitative estimate of drug-likeness (QED) is 0.584. The minimum atomic E-state index is 0.697. The van der Waals surface area contributed by atoms with Crippen LogP contribution < -0.4 is 5.30 Å². The smallest absolute Gasteiger partial charge is 0.0713 e. The van der Waals surface area contributed by atoms with Gasteiger partial charge >= 0.3 is 0 Å². The number of methoxy groups -OCH3 is 1. The molecule has 1 aromatic carbocycles. The Kier molecular flexibility index (Phi) is 2.85. The molecular weight excluding hydrogens is 143 g/mol. The zero-order valence-corrected chi connectivity index (χ0v) is 7.16. The summed E-state index contributed by atoms with van der Waals surface area (Å²) < 4.78 is 4.97. The average molecular weight is 154 g/mol. The van der Waals surface area contributed by atoms with Gasteiger partial charge in [0.2, 0.25) is 0 Å². The lowest BCUT2D eigenvalue weighted by atomic mass is 10.2. The van der Waals surface area contributed by atoms with Crippen molar-refractivity contribution in [3.8, 4) is 0 Å². The van der Waals surface area contributed by atoms with Crippen molar-refractivity contribution in [1.82, 2.24) is 0 Å². The molecule has 0 spiro atoms. The highest BCUT2D eigenvalue weighted by molar-refractivity contribution is 7.27. The molecule has 0 saturated carbocycles. The summed E-state index contributed by atoms with van der Waals surface area (Å²) in [6, 6.07) is 8.21. The molecule has 0 aromatic heterocycles. The first-order valence-electron chi connectivity index (χ1n) is 3.16. The van der Waals surface area contributed by atoms with Gasteiger partial charge in [0.1, 0.15) is 0 Å². The van der Waals surface area contributed by atoms with Crippen LogP contribution in [0.1, 0.15) is 5.56 Å². The van der Waals surface area contributed by atoms with Gasteiger partial charge in [-0.25, -0.2) is 0 Å². The highest BCUT2D eigenvalue weighted by atomic mass is 31.0. The molecule has 1 rings (SSSR count). The largest absolute Gasteiger partial charge is 0.380 e. The normalized spacial score (nSPS) is 9.80. The maximum Gasteiger partial charge on any atom is 0.0713 e. The van der Waals surface area contributed by atoms with Gasteiger partial charge in [-0.1, -0.05) is 18.2 Å². The van der Waals surface area contributed by atoms with E-state index < -0.39 is 0 Å². The Hall–Kier alpha value is -0.390. The van der Waals surface area contributed by atoms with E-state index in [1.807, 2.05) is 12.1 Å². The summed E-state index contributed by atoms with van der Waals surface area (Å²) in [6.07, 6.45) is 0. The Labute approximate surface area is 63.6 Å². The van der Waals surface area contributed by atoms with Gasteiger partial charge in [0.25, 0.3) is 0 Å². The average Bonchev–Trinajstić information content (AvgIpc) is 1.88. The maximum absolute atomic E-state index is 4.97. The minimum Gasteiger partial charge on any atom is -0.380 e. The molecule has 1 aromatic rings. The van der Waals surface area contributed by atoms with Gasteiger partial charge in [0.05, 0.1) is 6.61 Å². The van der Waals surface area contributed by atoms with Gasteiger partial charge in [0.15, 0.2) is 0 Å². The third-order valence-corrected chi connectivity index (χ3v) is 1.62. The van der Waals surface area contributed by atoms with E-state index in [0.29, 0.717) is 6.61 Å². The molecule has 0 aliphatic heterocycles. The lowest BCUT2D eigenvalue weighted by Crippen LogP contribution is -1.93. The number of benzene rings is 1. The molecule has 1 atom stereocenters. The lowest BCUT2D eigenvalue weighted by Gasteiger charge is -1.98. The molecule has 10 heavy (non-hydrogen) atoms. The lowest BCUT2D eigenvalue weighted by molar-refractivity contribution is 0.185. The maximum atomic E-state index is 4.97. The van der Waals surface area contributed by atoms with Gasteiger partial charge in [0, 0.05) is 7.11 Å². The van der Waals surface area contributed by atoms with Crippen LogP contribution in [0.3, 0.4) is 0 Å². The number of hydrogen-bond donors (Lipinski definition) is 0. The molecule has 0 saturated heterocycles. The predicted molar refractivity (Wildman–Crippen MR) is 46.5 cm³/mol. The van der Waals surface area contributed by atoms with E-state index in [2.05, 4.69) is 21.4 Å². The summed E-state index contributed by atoms with van der Waals surface area (Å²) in [6.45, 7) is 0.697. The Morgan fingerprint density at radius 3 is 2.90 bits per heavy atom. The van der Waals surface area contributed by atoms with E-state index >= 15 is 0 Å². The van der Waals surface area contributed by atoms with Crippen LogP contribution in [0.2, 0.25) is 0 Å². The van der Waals surface area contributed by atoms with Crippen molar-refractivity contribution in [2.75, 3.05) is 7.11 Å². The summed E-state index contributed by atoms with van der Waals surface area (Å²) in [4.78, 5) is 0. The van der Waals surface area contributed by atoms with Crippen LogP contribution >= 0.6 is 9.24 Å². The Bertz CT molecular complexity index is 210. The summed E-state index contributed by atoms with van der Waals surface area (Å²) >= 11 is 0. The summed E-state index contributed by atoms with van der Waals surface area (Å²) in [5.41, 5.74) is 1.22. The first-order chi connectivity index (χ1) is 4.83. The van der Waals surface area contributed by atoms with Crippen molar-refractivity contribution in [1.29, 1.82) is 0 Å². The van der Waals surface area contributed by atoms with E-state index in [9.17, 15) is 0 Å². The summed E-state index contributed by atoms with van der Waals surface area (Å²) in [5.74, 6) is 0. The zero-order valence-electron chi connectivity index (χ0n) is 6.00. The monoisotopic (exact) mass is 154 g/mol. The van der Waals surface area contributed by atoms with Crippen molar-refractivity contribution >= 4 is 14.5 Å². The SMILES string of the molecule is COCc1cccc(P)c1. The van der Waals surface area contributed by atoms with Gasteiger partial charge in [-0.15, -0.1) is 9.24 Å². The fourth-order valence-corrected chi connectivity index (χ4v) is 1.17. The van der Waals surface area contributed by atoms with Crippen LogP contribution in [-0.4, -0.2) is 7.11 Å². The van der Waals surface area contributed by atoms with Gasteiger partial charge in [-0.05, 0) is 16.9 Å². The second kappa shape index (κ2) is 3.70. The highest BCUT2D eigenvalue weighted by Gasteiger charge is 1.89. The van der Waals surface area contributed by atoms with Crippen LogP contribution in [0.25, 0.3) is 0 Å². The molecule has 1 unspecified atom stereocenters. The van der Waals surface area contributed by atoms with E-state index in [1.165, 1.54) is 10.9 Å². The Morgan fingerprint density at radius 1 is 1.50 bits per heavy atom.